The van der Waals surface area contributed by atoms with Crippen LogP contribution in [0.3, 0.4) is 0 Å². The summed E-state index contributed by atoms with van der Waals surface area (Å²) in [5.74, 6) is -1.50. The zero-order chi connectivity index (χ0) is 20.8. The SMILES string of the molecule is C/C(=N/NC(=O)c1ccccc1F)c1ccc(NC(=O)c2ccc(Cl)cc2)cc1. The highest BCUT2D eigenvalue weighted by molar-refractivity contribution is 6.30. The maximum Gasteiger partial charge on any atom is 0.274 e. The van der Waals surface area contributed by atoms with Crippen LogP contribution in [0.1, 0.15) is 33.2 Å². The molecule has 5 nitrogen and oxygen atoms in total. The van der Waals surface area contributed by atoms with Crippen molar-refractivity contribution in [2.75, 3.05) is 5.32 Å². The van der Waals surface area contributed by atoms with Crippen LogP contribution in [0.2, 0.25) is 5.02 Å². The fourth-order valence-corrected chi connectivity index (χ4v) is 2.63. The fraction of sp³-hybridized carbons (Fsp3) is 0.0455. The highest BCUT2D eigenvalue weighted by atomic mass is 35.5. The van der Waals surface area contributed by atoms with Gasteiger partial charge in [0.25, 0.3) is 11.8 Å². The molecule has 0 unspecified atom stereocenters. The number of carbonyl (C=O) groups excluding carboxylic acids is 2. The Labute approximate surface area is 172 Å². The number of halogens is 2. The predicted molar refractivity (Wildman–Crippen MR) is 112 cm³/mol. The number of nitrogens with one attached hydrogen (secondary N) is 2. The summed E-state index contributed by atoms with van der Waals surface area (Å²) in [7, 11) is 0. The highest BCUT2D eigenvalue weighted by Gasteiger charge is 2.10. The molecule has 3 aromatic carbocycles. The first-order valence-corrected chi connectivity index (χ1v) is 9.08. The number of hydrogen-bond acceptors (Lipinski definition) is 3. The van der Waals surface area contributed by atoms with Crippen LogP contribution in [0.15, 0.2) is 77.9 Å². The Hall–Kier alpha value is -3.51. The largest absolute Gasteiger partial charge is 0.322 e. The van der Waals surface area contributed by atoms with Crippen LogP contribution in [0.5, 0.6) is 0 Å². The average molecular weight is 410 g/mol. The molecule has 29 heavy (non-hydrogen) atoms. The third kappa shape index (κ3) is 5.27. The molecule has 0 atom stereocenters. The number of benzene rings is 3. The number of amides is 2. The summed E-state index contributed by atoms with van der Waals surface area (Å²) in [6.45, 7) is 1.71. The molecule has 0 aromatic heterocycles. The molecule has 0 aliphatic carbocycles. The zero-order valence-electron chi connectivity index (χ0n) is 15.4. The number of hydrazone groups is 1. The van der Waals surface area contributed by atoms with Crippen LogP contribution in [0.4, 0.5) is 10.1 Å². The van der Waals surface area contributed by atoms with Crippen molar-refractivity contribution in [1.29, 1.82) is 0 Å². The summed E-state index contributed by atoms with van der Waals surface area (Å²) in [6.07, 6.45) is 0. The van der Waals surface area contributed by atoms with E-state index in [-0.39, 0.29) is 11.5 Å². The standard InChI is InChI=1S/C22H17ClFN3O2/c1-14(26-27-22(29)19-4-2-3-5-20(19)24)15-8-12-18(13-9-15)25-21(28)16-6-10-17(23)11-7-16/h2-13H,1H3,(H,25,28)(H,27,29)/b26-14-. The summed E-state index contributed by atoms with van der Waals surface area (Å²) in [5.41, 5.74) is 4.63. The fourth-order valence-electron chi connectivity index (χ4n) is 2.50. The molecule has 0 heterocycles. The van der Waals surface area contributed by atoms with Crippen molar-refractivity contribution in [3.8, 4) is 0 Å². The van der Waals surface area contributed by atoms with E-state index in [4.69, 9.17) is 11.6 Å². The van der Waals surface area contributed by atoms with Crippen molar-refractivity contribution < 1.29 is 14.0 Å². The van der Waals surface area contributed by atoms with Crippen molar-refractivity contribution in [2.24, 2.45) is 5.10 Å². The van der Waals surface area contributed by atoms with Crippen LogP contribution >= 0.6 is 11.6 Å². The van der Waals surface area contributed by atoms with Gasteiger partial charge in [0, 0.05) is 16.3 Å². The Bertz CT molecular complexity index is 1060. The minimum atomic E-state index is -0.630. The Morgan fingerprint density at radius 3 is 2.14 bits per heavy atom. The molecule has 2 N–H and O–H groups in total. The second-order valence-electron chi connectivity index (χ2n) is 6.16. The molecule has 0 saturated heterocycles. The van der Waals surface area contributed by atoms with Crippen LogP contribution in [0, 0.1) is 5.82 Å². The van der Waals surface area contributed by atoms with E-state index in [1.165, 1.54) is 18.2 Å². The number of hydrogen-bond donors (Lipinski definition) is 2. The van der Waals surface area contributed by atoms with E-state index < -0.39 is 11.7 Å². The topological polar surface area (TPSA) is 70.6 Å². The second-order valence-corrected chi connectivity index (χ2v) is 6.59. The Kier molecular flexibility index (Phi) is 6.36. The number of nitrogens with zero attached hydrogens (tertiary/aromatic N) is 1. The molecule has 7 heteroatoms. The van der Waals surface area contributed by atoms with E-state index in [0.717, 1.165) is 5.56 Å². The van der Waals surface area contributed by atoms with E-state index in [0.29, 0.717) is 22.0 Å². The van der Waals surface area contributed by atoms with Gasteiger partial charge in [-0.3, -0.25) is 9.59 Å². The molecule has 0 aliphatic rings. The number of rotatable bonds is 5. The Balaban J connectivity index is 1.63. The molecule has 0 saturated carbocycles. The van der Waals surface area contributed by atoms with Crippen LogP contribution in [-0.4, -0.2) is 17.5 Å². The van der Waals surface area contributed by atoms with Gasteiger partial charge in [0.1, 0.15) is 5.82 Å². The minimum Gasteiger partial charge on any atom is -0.322 e. The van der Waals surface area contributed by atoms with Gasteiger partial charge in [0.05, 0.1) is 11.3 Å². The molecule has 0 radical (unpaired) electrons. The predicted octanol–water partition coefficient (Wildman–Crippen LogP) is 4.89. The van der Waals surface area contributed by atoms with E-state index in [1.807, 2.05) is 0 Å². The average Bonchev–Trinajstić information content (AvgIpc) is 2.73. The van der Waals surface area contributed by atoms with E-state index >= 15 is 0 Å². The molecule has 146 valence electrons. The van der Waals surface area contributed by atoms with Crippen molar-refractivity contribution in [2.45, 2.75) is 6.92 Å². The summed E-state index contributed by atoms with van der Waals surface area (Å²) in [6, 6.07) is 19.2. The maximum atomic E-state index is 13.6. The number of anilines is 1. The lowest BCUT2D eigenvalue weighted by atomic mass is 10.1. The maximum absolute atomic E-state index is 13.6. The van der Waals surface area contributed by atoms with Crippen molar-refractivity contribution in [1.82, 2.24) is 5.43 Å². The minimum absolute atomic E-state index is 0.0793. The molecule has 0 spiro atoms. The third-order valence-electron chi connectivity index (χ3n) is 4.11. The molecular weight excluding hydrogens is 393 g/mol. The van der Waals surface area contributed by atoms with Gasteiger partial charge in [-0.25, -0.2) is 9.82 Å². The van der Waals surface area contributed by atoms with E-state index in [1.54, 1.807) is 61.5 Å². The summed E-state index contributed by atoms with van der Waals surface area (Å²) in [5, 5.41) is 7.36. The molecule has 0 fully saturated rings. The van der Waals surface area contributed by atoms with Crippen molar-refractivity contribution in [3.63, 3.8) is 0 Å². The smallest absolute Gasteiger partial charge is 0.274 e. The van der Waals surface area contributed by atoms with Gasteiger partial charge < -0.3 is 5.32 Å². The van der Waals surface area contributed by atoms with Gasteiger partial charge in [-0.2, -0.15) is 5.10 Å². The quantitative estimate of drug-likeness (QED) is 0.465. The lowest BCUT2D eigenvalue weighted by Crippen LogP contribution is -2.20. The molecule has 2 amide bonds. The molecule has 3 aromatic rings. The third-order valence-corrected chi connectivity index (χ3v) is 4.36. The zero-order valence-corrected chi connectivity index (χ0v) is 16.2. The van der Waals surface area contributed by atoms with Crippen molar-refractivity contribution >= 4 is 34.8 Å². The van der Waals surface area contributed by atoms with Gasteiger partial charge in [-0.1, -0.05) is 35.9 Å². The summed E-state index contributed by atoms with van der Waals surface area (Å²) in [4.78, 5) is 24.2. The first-order valence-electron chi connectivity index (χ1n) is 8.70. The monoisotopic (exact) mass is 409 g/mol. The lowest BCUT2D eigenvalue weighted by Gasteiger charge is -2.07. The molecule has 0 aliphatic heterocycles. The second kappa shape index (κ2) is 9.12. The first-order chi connectivity index (χ1) is 13.9. The highest BCUT2D eigenvalue weighted by Crippen LogP contribution is 2.14. The van der Waals surface area contributed by atoms with Gasteiger partial charge in [-0.05, 0) is 61.0 Å². The van der Waals surface area contributed by atoms with Gasteiger partial charge in [0.15, 0.2) is 0 Å². The van der Waals surface area contributed by atoms with E-state index in [2.05, 4.69) is 15.8 Å². The lowest BCUT2D eigenvalue weighted by molar-refractivity contribution is 0.0950. The summed E-state index contributed by atoms with van der Waals surface area (Å²) < 4.78 is 13.6. The van der Waals surface area contributed by atoms with Gasteiger partial charge >= 0.3 is 0 Å². The van der Waals surface area contributed by atoms with Crippen LogP contribution in [-0.2, 0) is 0 Å². The molecule has 3 rings (SSSR count). The van der Waals surface area contributed by atoms with Gasteiger partial charge in [-0.15, -0.1) is 0 Å². The molecule has 0 bridgehead atoms. The summed E-state index contributed by atoms with van der Waals surface area (Å²) >= 11 is 5.82. The number of carbonyl (C=O) groups is 2. The van der Waals surface area contributed by atoms with Crippen molar-refractivity contribution in [3.05, 3.63) is 100 Å². The Morgan fingerprint density at radius 1 is 0.862 bits per heavy atom. The molecular formula is C22H17ClFN3O2. The van der Waals surface area contributed by atoms with Crippen LogP contribution in [0.25, 0.3) is 0 Å². The Morgan fingerprint density at radius 2 is 1.48 bits per heavy atom. The van der Waals surface area contributed by atoms with Gasteiger partial charge in [0.2, 0.25) is 0 Å². The first kappa shape index (κ1) is 20.2. The normalized spacial score (nSPS) is 11.1. The van der Waals surface area contributed by atoms with Crippen LogP contribution < -0.4 is 10.7 Å². The van der Waals surface area contributed by atoms with E-state index in [9.17, 15) is 14.0 Å².